The van der Waals surface area contributed by atoms with E-state index in [0.29, 0.717) is 11.3 Å². The molecule has 4 heteroatoms. The molecule has 1 aromatic rings. The van der Waals surface area contributed by atoms with Crippen molar-refractivity contribution in [3.05, 3.63) is 29.6 Å². The van der Waals surface area contributed by atoms with Gasteiger partial charge in [-0.05, 0) is 51.7 Å². The molecule has 1 atom stereocenters. The lowest BCUT2D eigenvalue weighted by molar-refractivity contribution is 0.303. The van der Waals surface area contributed by atoms with E-state index in [9.17, 15) is 4.39 Å². The van der Waals surface area contributed by atoms with E-state index in [1.54, 1.807) is 13.2 Å². The van der Waals surface area contributed by atoms with Crippen molar-refractivity contribution in [3.8, 4) is 5.75 Å². The molecule has 0 fully saturated rings. The molecule has 1 N–H and O–H groups in total. The van der Waals surface area contributed by atoms with Gasteiger partial charge in [-0.3, -0.25) is 0 Å². The van der Waals surface area contributed by atoms with Gasteiger partial charge < -0.3 is 15.0 Å². The zero-order valence-corrected chi connectivity index (χ0v) is 13.1. The second-order valence-corrected chi connectivity index (χ2v) is 5.06. The first-order valence-electron chi connectivity index (χ1n) is 7.38. The normalized spacial score (nSPS) is 12.7. The van der Waals surface area contributed by atoms with Crippen LogP contribution < -0.4 is 10.1 Å². The standard InChI is InChI=1S/C16H27FN2O/c1-5-11-19(3)12-10-14(18-6-2)16-13(17)8-7-9-15(16)20-4/h7-9,14,18H,5-6,10-12H2,1-4H3. The van der Waals surface area contributed by atoms with Gasteiger partial charge in [-0.2, -0.15) is 0 Å². The molecule has 1 aromatic carbocycles. The summed E-state index contributed by atoms with van der Waals surface area (Å²) < 4.78 is 19.5. The third-order valence-electron chi connectivity index (χ3n) is 3.44. The Morgan fingerprint density at radius 2 is 2.05 bits per heavy atom. The Labute approximate surface area is 122 Å². The molecule has 0 heterocycles. The summed E-state index contributed by atoms with van der Waals surface area (Å²) in [6.07, 6.45) is 1.99. The summed E-state index contributed by atoms with van der Waals surface area (Å²) in [5, 5.41) is 3.37. The lowest BCUT2D eigenvalue weighted by Crippen LogP contribution is -2.28. The third-order valence-corrected chi connectivity index (χ3v) is 3.44. The average molecular weight is 282 g/mol. The quantitative estimate of drug-likeness (QED) is 0.752. The maximum atomic E-state index is 14.1. The molecule has 1 rings (SSSR count). The SMILES string of the molecule is CCCN(C)CCC(NCC)c1c(F)cccc1OC. The molecule has 0 amide bonds. The molecule has 0 bridgehead atoms. The Hall–Kier alpha value is -1.13. The summed E-state index contributed by atoms with van der Waals surface area (Å²) in [5.74, 6) is 0.419. The second-order valence-electron chi connectivity index (χ2n) is 5.06. The summed E-state index contributed by atoms with van der Waals surface area (Å²) in [6.45, 7) is 7.00. The highest BCUT2D eigenvalue weighted by molar-refractivity contribution is 5.37. The van der Waals surface area contributed by atoms with Gasteiger partial charge in [0.2, 0.25) is 0 Å². The number of methoxy groups -OCH3 is 1. The van der Waals surface area contributed by atoms with Gasteiger partial charge in [0.15, 0.2) is 0 Å². The molecular formula is C16H27FN2O. The van der Waals surface area contributed by atoms with E-state index >= 15 is 0 Å². The molecule has 3 nitrogen and oxygen atoms in total. The van der Waals surface area contributed by atoms with Crippen LogP contribution in [0.4, 0.5) is 4.39 Å². The van der Waals surface area contributed by atoms with Gasteiger partial charge in [-0.15, -0.1) is 0 Å². The van der Waals surface area contributed by atoms with Gasteiger partial charge in [0.05, 0.1) is 7.11 Å². The highest BCUT2D eigenvalue weighted by Crippen LogP contribution is 2.29. The number of ether oxygens (including phenoxy) is 1. The van der Waals surface area contributed by atoms with Crippen LogP contribution in [0.5, 0.6) is 5.75 Å². The number of hydrogen-bond donors (Lipinski definition) is 1. The summed E-state index contributed by atoms with van der Waals surface area (Å²) in [6, 6.07) is 4.98. The Bertz CT molecular complexity index is 398. The Kier molecular flexibility index (Phi) is 7.55. The fourth-order valence-corrected chi connectivity index (χ4v) is 2.47. The molecule has 1 unspecified atom stereocenters. The first kappa shape index (κ1) is 16.9. The third kappa shape index (κ3) is 4.76. The van der Waals surface area contributed by atoms with Crippen molar-refractivity contribution in [2.45, 2.75) is 32.7 Å². The van der Waals surface area contributed by atoms with Crippen molar-refractivity contribution in [1.29, 1.82) is 0 Å². The predicted molar refractivity (Wildman–Crippen MR) is 81.8 cm³/mol. The molecule has 114 valence electrons. The molecule has 0 saturated carbocycles. The van der Waals surface area contributed by atoms with Crippen molar-refractivity contribution >= 4 is 0 Å². The van der Waals surface area contributed by atoms with E-state index in [1.165, 1.54) is 6.07 Å². The van der Waals surface area contributed by atoms with Gasteiger partial charge in [0.1, 0.15) is 11.6 Å². The Morgan fingerprint density at radius 1 is 1.30 bits per heavy atom. The van der Waals surface area contributed by atoms with Gasteiger partial charge in [-0.25, -0.2) is 4.39 Å². The minimum Gasteiger partial charge on any atom is -0.496 e. The Balaban J connectivity index is 2.85. The van der Waals surface area contributed by atoms with E-state index in [2.05, 4.69) is 24.2 Å². The van der Waals surface area contributed by atoms with Crippen molar-refractivity contribution in [3.63, 3.8) is 0 Å². The number of hydrogen-bond acceptors (Lipinski definition) is 3. The summed E-state index contributed by atoms with van der Waals surface area (Å²) >= 11 is 0. The molecule has 0 aliphatic heterocycles. The number of benzene rings is 1. The van der Waals surface area contributed by atoms with Crippen molar-refractivity contribution < 1.29 is 9.13 Å². The van der Waals surface area contributed by atoms with E-state index in [-0.39, 0.29) is 11.9 Å². The highest BCUT2D eigenvalue weighted by Gasteiger charge is 2.19. The fraction of sp³-hybridized carbons (Fsp3) is 0.625. The molecule has 0 radical (unpaired) electrons. The molecule has 0 aliphatic carbocycles. The van der Waals surface area contributed by atoms with E-state index < -0.39 is 0 Å². The smallest absolute Gasteiger partial charge is 0.131 e. The maximum Gasteiger partial charge on any atom is 0.131 e. The lowest BCUT2D eigenvalue weighted by atomic mass is 10.0. The van der Waals surface area contributed by atoms with Gasteiger partial charge in [-0.1, -0.05) is 19.9 Å². The van der Waals surface area contributed by atoms with Crippen LogP contribution in [0.3, 0.4) is 0 Å². The zero-order valence-electron chi connectivity index (χ0n) is 13.1. The maximum absolute atomic E-state index is 14.1. The summed E-state index contributed by atoms with van der Waals surface area (Å²) in [7, 11) is 3.69. The van der Waals surface area contributed by atoms with Gasteiger partial charge in [0.25, 0.3) is 0 Å². The number of rotatable bonds is 9. The predicted octanol–water partition coefficient (Wildman–Crippen LogP) is 3.22. The summed E-state index contributed by atoms with van der Waals surface area (Å²) in [5.41, 5.74) is 0.641. The minimum atomic E-state index is -0.201. The summed E-state index contributed by atoms with van der Waals surface area (Å²) in [4.78, 5) is 2.28. The average Bonchev–Trinajstić information content (AvgIpc) is 2.44. The first-order valence-corrected chi connectivity index (χ1v) is 7.38. The van der Waals surface area contributed by atoms with Crippen molar-refractivity contribution in [1.82, 2.24) is 10.2 Å². The van der Waals surface area contributed by atoms with Crippen LogP contribution in [0.2, 0.25) is 0 Å². The molecule has 0 saturated heterocycles. The van der Waals surface area contributed by atoms with E-state index in [1.807, 2.05) is 13.0 Å². The highest BCUT2D eigenvalue weighted by atomic mass is 19.1. The number of halogens is 1. The van der Waals surface area contributed by atoms with Crippen LogP contribution in [0.15, 0.2) is 18.2 Å². The van der Waals surface area contributed by atoms with E-state index in [4.69, 9.17) is 4.74 Å². The molecular weight excluding hydrogens is 255 g/mol. The van der Waals surface area contributed by atoms with Crippen LogP contribution >= 0.6 is 0 Å². The fourth-order valence-electron chi connectivity index (χ4n) is 2.47. The minimum absolute atomic E-state index is 0.0181. The monoisotopic (exact) mass is 282 g/mol. The van der Waals surface area contributed by atoms with Crippen LogP contribution in [0.25, 0.3) is 0 Å². The largest absolute Gasteiger partial charge is 0.496 e. The van der Waals surface area contributed by atoms with E-state index in [0.717, 1.165) is 32.5 Å². The Morgan fingerprint density at radius 3 is 2.65 bits per heavy atom. The van der Waals surface area contributed by atoms with Gasteiger partial charge in [0, 0.05) is 11.6 Å². The van der Waals surface area contributed by atoms with Crippen LogP contribution in [0, 0.1) is 5.82 Å². The number of nitrogens with one attached hydrogen (secondary N) is 1. The molecule has 0 spiro atoms. The van der Waals surface area contributed by atoms with Crippen LogP contribution in [0.1, 0.15) is 38.3 Å². The second kappa shape index (κ2) is 8.93. The number of nitrogens with zero attached hydrogens (tertiary/aromatic N) is 1. The van der Waals surface area contributed by atoms with Crippen molar-refractivity contribution in [2.75, 3.05) is 33.8 Å². The topological polar surface area (TPSA) is 24.5 Å². The molecule has 0 aliphatic rings. The first-order chi connectivity index (χ1) is 9.63. The molecule has 20 heavy (non-hydrogen) atoms. The van der Waals surface area contributed by atoms with Gasteiger partial charge >= 0.3 is 0 Å². The zero-order chi connectivity index (χ0) is 15.0. The van der Waals surface area contributed by atoms with Crippen molar-refractivity contribution in [2.24, 2.45) is 0 Å². The lowest BCUT2D eigenvalue weighted by Gasteiger charge is -2.24. The van der Waals surface area contributed by atoms with Crippen LogP contribution in [-0.4, -0.2) is 38.7 Å². The van der Waals surface area contributed by atoms with Crippen LogP contribution in [-0.2, 0) is 0 Å². The molecule has 0 aromatic heterocycles.